The number of fused-ring (bicyclic) bond motifs is 2. The van der Waals surface area contributed by atoms with Crippen molar-refractivity contribution < 1.29 is 0 Å². The lowest BCUT2D eigenvalue weighted by Crippen LogP contribution is -2.32. The zero-order valence-corrected chi connectivity index (χ0v) is 15.1. The molecule has 4 heteroatoms. The molecule has 0 N–H and O–H groups in total. The van der Waals surface area contributed by atoms with Gasteiger partial charge < -0.3 is 4.90 Å². The van der Waals surface area contributed by atoms with Crippen molar-refractivity contribution in [3.63, 3.8) is 0 Å². The summed E-state index contributed by atoms with van der Waals surface area (Å²) in [5.41, 5.74) is 4.71. The van der Waals surface area contributed by atoms with E-state index >= 15 is 0 Å². The Morgan fingerprint density at radius 2 is 1.79 bits per heavy atom. The Morgan fingerprint density at radius 1 is 1.04 bits per heavy atom. The number of halogens is 1. The van der Waals surface area contributed by atoms with Gasteiger partial charge in [0.2, 0.25) is 0 Å². The summed E-state index contributed by atoms with van der Waals surface area (Å²) in [6, 6.07) is 12.4. The van der Waals surface area contributed by atoms with Crippen molar-refractivity contribution in [1.29, 1.82) is 0 Å². The van der Waals surface area contributed by atoms with E-state index in [2.05, 4.69) is 46.1 Å². The molecule has 3 aromatic rings. The first-order chi connectivity index (χ1) is 11.7. The van der Waals surface area contributed by atoms with Crippen molar-refractivity contribution in [1.82, 2.24) is 9.97 Å². The molecule has 24 heavy (non-hydrogen) atoms. The average Bonchev–Trinajstić information content (AvgIpc) is 2.63. The topological polar surface area (TPSA) is 29.0 Å². The van der Waals surface area contributed by atoms with Gasteiger partial charge in [-0.15, -0.1) is 0 Å². The van der Waals surface area contributed by atoms with Crippen molar-refractivity contribution in [3.05, 3.63) is 64.7 Å². The molecule has 0 radical (unpaired) electrons. The van der Waals surface area contributed by atoms with Crippen molar-refractivity contribution in [3.8, 4) is 0 Å². The third-order valence-electron chi connectivity index (χ3n) is 4.39. The molecule has 124 valence electrons. The van der Waals surface area contributed by atoms with Gasteiger partial charge >= 0.3 is 0 Å². The van der Waals surface area contributed by atoms with Crippen LogP contribution in [0, 0.1) is 6.92 Å². The van der Waals surface area contributed by atoms with E-state index in [-0.39, 0.29) is 0 Å². The number of hydrogen-bond donors (Lipinski definition) is 0. The number of rotatable bonds is 1. The van der Waals surface area contributed by atoms with Gasteiger partial charge in [0.25, 0.3) is 0 Å². The quantitative estimate of drug-likeness (QED) is 0.611. The predicted molar refractivity (Wildman–Crippen MR) is 102 cm³/mol. The molecule has 1 aliphatic rings. The molecule has 1 aliphatic heterocycles. The van der Waals surface area contributed by atoms with Gasteiger partial charge in [-0.25, -0.2) is 9.97 Å². The van der Waals surface area contributed by atoms with Gasteiger partial charge in [0.15, 0.2) is 0 Å². The second-order valence-electron chi connectivity index (χ2n) is 5.67. The maximum Gasteiger partial charge on any atom is 0.116 e. The smallest absolute Gasteiger partial charge is 0.116 e. The van der Waals surface area contributed by atoms with E-state index in [9.17, 15) is 0 Å². The van der Waals surface area contributed by atoms with Crippen LogP contribution in [0.5, 0.6) is 0 Å². The highest BCUT2D eigenvalue weighted by Gasteiger charge is 2.21. The molecular formula is C20H22ClN3. The number of aryl methyl sites for hydroxylation is 1. The van der Waals surface area contributed by atoms with Gasteiger partial charge in [-0.2, -0.15) is 0 Å². The lowest BCUT2D eigenvalue weighted by molar-refractivity contribution is 0.699. The molecule has 1 aromatic heterocycles. The van der Waals surface area contributed by atoms with E-state index in [1.165, 1.54) is 16.6 Å². The van der Waals surface area contributed by atoms with Crippen molar-refractivity contribution in [2.24, 2.45) is 0 Å². The molecule has 0 bridgehead atoms. The average molecular weight is 340 g/mol. The van der Waals surface area contributed by atoms with Gasteiger partial charge in [-0.1, -0.05) is 49.7 Å². The second kappa shape index (κ2) is 7.18. The minimum Gasteiger partial charge on any atom is -0.365 e. The number of hydrogen-bond acceptors (Lipinski definition) is 3. The first-order valence-corrected chi connectivity index (χ1v) is 8.83. The molecule has 4 rings (SSSR count). The highest BCUT2D eigenvalue weighted by molar-refractivity contribution is 6.36. The van der Waals surface area contributed by atoms with Crippen LogP contribution >= 0.6 is 11.6 Å². The standard InChI is InChI=1S/C18H16ClN3.C2H6/c1-12-14-8-9-22(10-16(14)21-11-20-12)17-7-3-5-13-4-2-6-15(19)18(13)17;1-2/h2-7,11H,8-10H2,1H3;1-2H3. The maximum absolute atomic E-state index is 6.45. The number of benzene rings is 2. The fraction of sp³-hybridized carbons (Fsp3) is 0.300. The Balaban J connectivity index is 0.000000815. The van der Waals surface area contributed by atoms with E-state index < -0.39 is 0 Å². The minimum atomic E-state index is 0.803. The van der Waals surface area contributed by atoms with Crippen LogP contribution in [0.2, 0.25) is 5.02 Å². The summed E-state index contributed by atoms with van der Waals surface area (Å²) >= 11 is 6.45. The summed E-state index contributed by atoms with van der Waals surface area (Å²) < 4.78 is 0. The van der Waals surface area contributed by atoms with E-state index in [0.717, 1.165) is 41.3 Å². The molecule has 0 spiro atoms. The lowest BCUT2D eigenvalue weighted by atomic mass is 10.0. The van der Waals surface area contributed by atoms with Crippen molar-refractivity contribution in [2.75, 3.05) is 11.4 Å². The Bertz CT molecular complexity index is 855. The molecule has 0 fully saturated rings. The van der Waals surface area contributed by atoms with Crippen molar-refractivity contribution >= 4 is 28.1 Å². The summed E-state index contributed by atoms with van der Waals surface area (Å²) in [5.74, 6) is 0. The zero-order valence-electron chi connectivity index (χ0n) is 14.4. The largest absolute Gasteiger partial charge is 0.365 e. The van der Waals surface area contributed by atoms with Crippen LogP contribution in [-0.2, 0) is 13.0 Å². The summed E-state index contributed by atoms with van der Waals surface area (Å²) in [4.78, 5) is 11.1. The molecular weight excluding hydrogens is 318 g/mol. The molecule has 0 atom stereocenters. The SMILES string of the molecule is CC.Cc1ncnc2c1CCN(c1cccc3cccc(Cl)c13)C2. The van der Waals surface area contributed by atoms with Gasteiger partial charge in [-0.3, -0.25) is 0 Å². The number of anilines is 1. The van der Waals surface area contributed by atoms with Gasteiger partial charge in [0.1, 0.15) is 6.33 Å². The van der Waals surface area contributed by atoms with E-state index in [4.69, 9.17) is 11.6 Å². The fourth-order valence-corrected chi connectivity index (χ4v) is 3.54. The van der Waals surface area contributed by atoms with Crippen LogP contribution < -0.4 is 4.90 Å². The normalized spacial score (nSPS) is 13.2. The van der Waals surface area contributed by atoms with Gasteiger partial charge in [0, 0.05) is 23.3 Å². The molecule has 3 nitrogen and oxygen atoms in total. The molecule has 0 aliphatic carbocycles. The fourth-order valence-electron chi connectivity index (χ4n) is 3.26. The van der Waals surface area contributed by atoms with E-state index in [0.29, 0.717) is 0 Å². The summed E-state index contributed by atoms with van der Waals surface area (Å²) in [7, 11) is 0. The molecule has 2 heterocycles. The Labute approximate surface area is 148 Å². The molecule has 0 saturated carbocycles. The molecule has 0 amide bonds. The molecule has 2 aromatic carbocycles. The highest BCUT2D eigenvalue weighted by Crippen LogP contribution is 2.35. The van der Waals surface area contributed by atoms with Gasteiger partial charge in [0.05, 0.1) is 17.3 Å². The van der Waals surface area contributed by atoms with Crippen molar-refractivity contribution in [2.45, 2.75) is 33.7 Å². The third kappa shape index (κ3) is 2.96. The van der Waals surface area contributed by atoms with Gasteiger partial charge in [-0.05, 0) is 36.4 Å². The summed E-state index contributed by atoms with van der Waals surface area (Å²) in [6.07, 6.45) is 2.64. The van der Waals surface area contributed by atoms with Crippen LogP contribution in [0.4, 0.5) is 5.69 Å². The lowest BCUT2D eigenvalue weighted by Gasteiger charge is -2.31. The van der Waals surface area contributed by atoms with Crippen LogP contribution in [0.15, 0.2) is 42.7 Å². The van der Waals surface area contributed by atoms with E-state index in [1.54, 1.807) is 6.33 Å². The molecule has 0 saturated heterocycles. The third-order valence-corrected chi connectivity index (χ3v) is 4.71. The summed E-state index contributed by atoms with van der Waals surface area (Å²) in [6.45, 7) is 7.83. The first-order valence-electron chi connectivity index (χ1n) is 8.45. The van der Waals surface area contributed by atoms with Crippen LogP contribution in [0.1, 0.15) is 30.8 Å². The Morgan fingerprint density at radius 3 is 2.58 bits per heavy atom. The minimum absolute atomic E-state index is 0.803. The predicted octanol–water partition coefficient (Wildman–Crippen LogP) is 5.18. The first kappa shape index (κ1) is 16.7. The maximum atomic E-state index is 6.45. The number of aromatic nitrogens is 2. The second-order valence-corrected chi connectivity index (χ2v) is 6.08. The molecule has 0 unspecified atom stereocenters. The monoisotopic (exact) mass is 339 g/mol. The van der Waals surface area contributed by atoms with Crippen LogP contribution in [0.3, 0.4) is 0 Å². The Hall–Kier alpha value is -2.13. The highest BCUT2D eigenvalue weighted by atomic mass is 35.5. The Kier molecular flexibility index (Phi) is 5.00. The number of nitrogens with zero attached hydrogens (tertiary/aromatic N) is 3. The van der Waals surface area contributed by atoms with Crippen LogP contribution in [0.25, 0.3) is 10.8 Å². The van der Waals surface area contributed by atoms with Crippen LogP contribution in [-0.4, -0.2) is 16.5 Å². The van der Waals surface area contributed by atoms with E-state index in [1.807, 2.05) is 26.0 Å². The summed E-state index contributed by atoms with van der Waals surface area (Å²) in [5, 5.41) is 3.10. The zero-order chi connectivity index (χ0) is 17.1.